The van der Waals surface area contributed by atoms with Crippen molar-refractivity contribution in [3.05, 3.63) is 47.5 Å². The lowest BCUT2D eigenvalue weighted by Gasteiger charge is -2.34. The number of nitrogens with zero attached hydrogens (tertiary/aromatic N) is 4. The highest BCUT2D eigenvalue weighted by Crippen LogP contribution is 2.34. The van der Waals surface area contributed by atoms with Crippen molar-refractivity contribution in [2.24, 2.45) is 0 Å². The summed E-state index contributed by atoms with van der Waals surface area (Å²) in [5.41, 5.74) is 5.07. The molecule has 1 aliphatic heterocycles. The van der Waals surface area contributed by atoms with Crippen LogP contribution in [-0.4, -0.2) is 36.1 Å². The number of anilines is 2. The first-order chi connectivity index (χ1) is 13.8. The fourth-order valence-corrected chi connectivity index (χ4v) is 6.05. The monoisotopic (exact) mass is 408 g/mol. The van der Waals surface area contributed by atoms with Crippen molar-refractivity contribution in [2.75, 3.05) is 36.0 Å². The van der Waals surface area contributed by atoms with Crippen LogP contribution < -0.4 is 9.80 Å². The first-order valence-electron chi connectivity index (χ1n) is 10.0. The van der Waals surface area contributed by atoms with Crippen LogP contribution in [0.15, 0.2) is 36.4 Å². The van der Waals surface area contributed by atoms with Crippen molar-refractivity contribution in [1.29, 1.82) is 0 Å². The summed E-state index contributed by atoms with van der Waals surface area (Å²) >= 11 is 3.64. The third kappa shape index (κ3) is 3.05. The molecule has 4 nitrogen and oxygen atoms in total. The molecule has 5 rings (SSSR count). The molecule has 2 aromatic carbocycles. The van der Waals surface area contributed by atoms with Crippen molar-refractivity contribution in [2.45, 2.75) is 26.7 Å². The Morgan fingerprint density at radius 2 is 1.14 bits per heavy atom. The number of rotatable bonds is 4. The molecule has 28 heavy (non-hydrogen) atoms. The van der Waals surface area contributed by atoms with E-state index >= 15 is 0 Å². The van der Waals surface area contributed by atoms with Crippen LogP contribution in [0.3, 0.4) is 0 Å². The molecular weight excluding hydrogens is 384 g/mol. The molecule has 6 heteroatoms. The SMILES string of the molecule is CCc1cccc2sc(N3CCN(c4nc5c(CC)cccc5s4)CC3)nc12. The number of piperazine rings is 1. The molecule has 0 spiro atoms. The van der Waals surface area contributed by atoms with Gasteiger partial charge in [-0.05, 0) is 36.1 Å². The van der Waals surface area contributed by atoms with Gasteiger partial charge < -0.3 is 9.80 Å². The van der Waals surface area contributed by atoms with Crippen molar-refractivity contribution in [3.8, 4) is 0 Å². The highest BCUT2D eigenvalue weighted by Gasteiger charge is 2.22. The average Bonchev–Trinajstić information content (AvgIpc) is 3.37. The van der Waals surface area contributed by atoms with Gasteiger partial charge in [0, 0.05) is 26.2 Å². The van der Waals surface area contributed by atoms with Crippen molar-refractivity contribution < 1.29 is 0 Å². The van der Waals surface area contributed by atoms with Gasteiger partial charge in [0.15, 0.2) is 10.3 Å². The summed E-state index contributed by atoms with van der Waals surface area (Å²) < 4.78 is 2.60. The molecule has 0 N–H and O–H groups in total. The topological polar surface area (TPSA) is 32.3 Å². The second-order valence-corrected chi connectivity index (χ2v) is 9.22. The Balaban J connectivity index is 1.35. The van der Waals surface area contributed by atoms with Crippen LogP contribution in [-0.2, 0) is 12.8 Å². The van der Waals surface area contributed by atoms with Gasteiger partial charge in [-0.15, -0.1) is 0 Å². The lowest BCUT2D eigenvalue weighted by Crippen LogP contribution is -2.46. The van der Waals surface area contributed by atoms with Gasteiger partial charge in [-0.3, -0.25) is 0 Å². The fraction of sp³-hybridized carbons (Fsp3) is 0.364. The molecule has 1 aliphatic rings. The molecule has 0 bridgehead atoms. The van der Waals surface area contributed by atoms with E-state index in [0.29, 0.717) is 0 Å². The molecule has 1 fully saturated rings. The summed E-state index contributed by atoms with van der Waals surface area (Å²) in [6.45, 7) is 8.40. The number of aromatic nitrogens is 2. The average molecular weight is 409 g/mol. The van der Waals surface area contributed by atoms with Gasteiger partial charge in [-0.1, -0.05) is 60.8 Å². The van der Waals surface area contributed by atoms with E-state index in [9.17, 15) is 0 Å². The van der Waals surface area contributed by atoms with Crippen LogP contribution in [0.25, 0.3) is 20.4 Å². The first kappa shape index (κ1) is 17.9. The Hall–Kier alpha value is -2.18. The molecule has 144 valence electrons. The van der Waals surface area contributed by atoms with Gasteiger partial charge >= 0.3 is 0 Å². The summed E-state index contributed by atoms with van der Waals surface area (Å²) in [5, 5.41) is 2.32. The van der Waals surface area contributed by atoms with Crippen molar-refractivity contribution in [3.63, 3.8) is 0 Å². The highest BCUT2D eigenvalue weighted by molar-refractivity contribution is 7.22. The smallest absolute Gasteiger partial charge is 0.186 e. The lowest BCUT2D eigenvalue weighted by atomic mass is 10.1. The van der Waals surface area contributed by atoms with Crippen LogP contribution in [0.4, 0.5) is 10.3 Å². The summed E-state index contributed by atoms with van der Waals surface area (Å²) in [6.07, 6.45) is 2.07. The van der Waals surface area contributed by atoms with E-state index in [-0.39, 0.29) is 0 Å². The number of benzene rings is 2. The maximum absolute atomic E-state index is 4.98. The minimum atomic E-state index is 0.998. The third-order valence-corrected chi connectivity index (χ3v) is 7.73. The molecule has 0 atom stereocenters. The van der Waals surface area contributed by atoms with Crippen LogP contribution in [0, 0.1) is 0 Å². The number of thiazole rings is 2. The van der Waals surface area contributed by atoms with E-state index in [0.717, 1.165) is 49.3 Å². The quantitative estimate of drug-likeness (QED) is 0.455. The highest BCUT2D eigenvalue weighted by atomic mass is 32.1. The molecule has 3 heterocycles. The first-order valence-corrected chi connectivity index (χ1v) is 11.7. The minimum absolute atomic E-state index is 0.998. The predicted molar refractivity (Wildman–Crippen MR) is 122 cm³/mol. The van der Waals surface area contributed by atoms with E-state index < -0.39 is 0 Å². The normalized spacial score (nSPS) is 15.1. The summed E-state index contributed by atoms with van der Waals surface area (Å²) in [7, 11) is 0. The van der Waals surface area contributed by atoms with Gasteiger partial charge in [-0.25, -0.2) is 9.97 Å². The Bertz CT molecular complexity index is 1030. The maximum Gasteiger partial charge on any atom is 0.186 e. The van der Waals surface area contributed by atoms with Crippen molar-refractivity contribution in [1.82, 2.24) is 9.97 Å². The number of hydrogen-bond acceptors (Lipinski definition) is 6. The van der Waals surface area contributed by atoms with Gasteiger partial charge in [0.2, 0.25) is 0 Å². The zero-order valence-electron chi connectivity index (χ0n) is 16.3. The van der Waals surface area contributed by atoms with Crippen LogP contribution >= 0.6 is 22.7 Å². The van der Waals surface area contributed by atoms with E-state index in [4.69, 9.17) is 9.97 Å². The van der Waals surface area contributed by atoms with E-state index in [1.807, 2.05) is 22.7 Å². The van der Waals surface area contributed by atoms with Gasteiger partial charge in [-0.2, -0.15) is 0 Å². The maximum atomic E-state index is 4.98. The summed E-state index contributed by atoms with van der Waals surface area (Å²) in [6, 6.07) is 13.1. The molecule has 0 amide bonds. The van der Waals surface area contributed by atoms with E-state index in [2.05, 4.69) is 60.0 Å². The zero-order valence-corrected chi connectivity index (χ0v) is 17.9. The molecule has 0 radical (unpaired) electrons. The number of fused-ring (bicyclic) bond motifs is 2. The van der Waals surface area contributed by atoms with E-state index in [1.165, 1.54) is 31.6 Å². The molecule has 0 unspecified atom stereocenters. The number of para-hydroxylation sites is 2. The van der Waals surface area contributed by atoms with Gasteiger partial charge in [0.05, 0.1) is 20.4 Å². The Morgan fingerprint density at radius 3 is 1.54 bits per heavy atom. The fourth-order valence-electron chi connectivity index (χ4n) is 3.92. The zero-order chi connectivity index (χ0) is 19.1. The van der Waals surface area contributed by atoms with Crippen LogP contribution in [0.2, 0.25) is 0 Å². The van der Waals surface area contributed by atoms with E-state index in [1.54, 1.807) is 0 Å². The molecule has 0 aliphatic carbocycles. The van der Waals surface area contributed by atoms with Crippen molar-refractivity contribution >= 4 is 53.4 Å². The number of aryl methyl sites for hydroxylation is 2. The largest absolute Gasteiger partial charge is 0.345 e. The second kappa shape index (κ2) is 7.33. The lowest BCUT2D eigenvalue weighted by molar-refractivity contribution is 0.651. The minimum Gasteiger partial charge on any atom is -0.345 e. The molecule has 4 aromatic rings. The third-order valence-electron chi connectivity index (χ3n) is 5.57. The number of hydrogen-bond donors (Lipinski definition) is 0. The summed E-state index contributed by atoms with van der Waals surface area (Å²) in [5.74, 6) is 0. The van der Waals surface area contributed by atoms with Gasteiger partial charge in [0.1, 0.15) is 0 Å². The molecule has 0 saturated carbocycles. The Labute approximate surface area is 173 Å². The molecule has 1 saturated heterocycles. The standard InChI is InChI=1S/C22H24N4S2/c1-3-15-7-5-9-17-19(15)23-21(27-17)25-11-13-26(14-12-25)22-24-20-16(4-2)8-6-10-18(20)28-22/h5-10H,3-4,11-14H2,1-2H3. The van der Waals surface area contributed by atoms with Crippen LogP contribution in [0.1, 0.15) is 25.0 Å². The Kier molecular flexibility index (Phi) is 4.69. The predicted octanol–water partition coefficient (Wildman–Crippen LogP) is 5.36. The summed E-state index contributed by atoms with van der Waals surface area (Å²) in [4.78, 5) is 14.8. The van der Waals surface area contributed by atoms with Crippen LogP contribution in [0.5, 0.6) is 0 Å². The van der Waals surface area contributed by atoms with Gasteiger partial charge in [0.25, 0.3) is 0 Å². The molecular formula is C22H24N4S2. The second-order valence-electron chi connectivity index (χ2n) is 7.20. The molecule has 2 aromatic heterocycles. The Morgan fingerprint density at radius 1 is 0.714 bits per heavy atom.